The molecule has 3 aromatic carbocycles. The molecule has 0 radical (unpaired) electrons. The van der Waals surface area contributed by atoms with Gasteiger partial charge in [-0.15, -0.1) is 0 Å². The summed E-state index contributed by atoms with van der Waals surface area (Å²) in [6.45, 7) is 0. The molecule has 5 rings (SSSR count). The second-order valence-electron chi connectivity index (χ2n) is 7.43. The minimum absolute atomic E-state index is 0.0622. The third-order valence-corrected chi connectivity index (χ3v) is 5.25. The third-order valence-electron chi connectivity index (χ3n) is 5.25. The van der Waals surface area contributed by atoms with Crippen LogP contribution in [0.25, 0.3) is 32.9 Å². The lowest BCUT2D eigenvalue weighted by Crippen LogP contribution is -2.11. The second-order valence-corrected chi connectivity index (χ2v) is 7.43. The topological polar surface area (TPSA) is 124 Å². The highest BCUT2D eigenvalue weighted by Gasteiger charge is 2.13. The number of rotatable bonds is 4. The standard InChI is InChI=1S/C23H15F2N5O3/c24-13-3-4-14-16(10-13)19(29-30-21(14)31)8-11-1-5-17(25)15(7-11)12-2-6-18-20(9-12)27-22(26-18)28-23(32)33/h1-7,9-10H,8H2,(H,30,31)(H,32,33)(H2,26,27,28). The fourth-order valence-corrected chi connectivity index (χ4v) is 3.76. The molecule has 0 atom stereocenters. The number of carboxylic acid groups (broad SMARTS) is 1. The zero-order chi connectivity index (χ0) is 23.1. The maximum atomic E-state index is 14.7. The van der Waals surface area contributed by atoms with E-state index in [-0.39, 0.29) is 12.4 Å². The Hall–Kier alpha value is -4.60. The molecular formula is C23H15F2N5O3. The van der Waals surface area contributed by atoms with Gasteiger partial charge in [-0.25, -0.2) is 23.7 Å². The largest absolute Gasteiger partial charge is 0.465 e. The van der Waals surface area contributed by atoms with E-state index < -0.39 is 23.3 Å². The van der Waals surface area contributed by atoms with Crippen LogP contribution in [0.2, 0.25) is 0 Å². The van der Waals surface area contributed by atoms with E-state index in [9.17, 15) is 18.4 Å². The number of carbonyl (C=O) groups is 1. The van der Waals surface area contributed by atoms with Crippen molar-refractivity contribution in [3.63, 3.8) is 0 Å². The maximum absolute atomic E-state index is 14.7. The molecule has 0 aliphatic heterocycles. The molecule has 0 spiro atoms. The summed E-state index contributed by atoms with van der Waals surface area (Å²) in [6.07, 6.45) is -1.02. The minimum Gasteiger partial charge on any atom is -0.465 e. The number of H-pyrrole nitrogens is 2. The summed E-state index contributed by atoms with van der Waals surface area (Å²) in [5.41, 5.74) is 2.64. The molecule has 164 valence electrons. The number of nitrogens with one attached hydrogen (secondary N) is 3. The van der Waals surface area contributed by atoms with Gasteiger partial charge in [0.25, 0.3) is 5.56 Å². The zero-order valence-corrected chi connectivity index (χ0v) is 16.8. The van der Waals surface area contributed by atoms with Crippen molar-refractivity contribution in [3.8, 4) is 11.1 Å². The van der Waals surface area contributed by atoms with Gasteiger partial charge in [-0.05, 0) is 53.6 Å². The lowest BCUT2D eigenvalue weighted by Gasteiger charge is -2.09. The fourth-order valence-electron chi connectivity index (χ4n) is 3.76. The van der Waals surface area contributed by atoms with Gasteiger partial charge in [-0.3, -0.25) is 10.1 Å². The highest BCUT2D eigenvalue weighted by molar-refractivity contribution is 5.87. The molecule has 1 amide bonds. The van der Waals surface area contributed by atoms with Crippen LogP contribution in [0.15, 0.2) is 59.4 Å². The van der Waals surface area contributed by atoms with E-state index >= 15 is 0 Å². The van der Waals surface area contributed by atoms with Gasteiger partial charge in [-0.1, -0.05) is 12.1 Å². The van der Waals surface area contributed by atoms with Gasteiger partial charge in [0.05, 0.1) is 22.1 Å². The maximum Gasteiger partial charge on any atom is 0.411 e. The molecule has 0 aliphatic carbocycles. The molecule has 2 heterocycles. The first kappa shape index (κ1) is 20.3. The summed E-state index contributed by atoms with van der Waals surface area (Å²) in [5.74, 6) is -0.880. The van der Waals surface area contributed by atoms with E-state index in [2.05, 4.69) is 25.5 Å². The first-order valence-corrected chi connectivity index (χ1v) is 9.83. The van der Waals surface area contributed by atoms with Crippen molar-refractivity contribution in [3.05, 3.63) is 87.8 Å². The van der Waals surface area contributed by atoms with E-state index in [0.29, 0.717) is 44.2 Å². The van der Waals surface area contributed by atoms with Crippen LogP contribution in [-0.4, -0.2) is 31.4 Å². The Kier molecular flexibility index (Phi) is 4.82. The summed E-state index contributed by atoms with van der Waals surface area (Å²) in [6, 6.07) is 13.4. The predicted octanol–water partition coefficient (Wildman–Crippen LogP) is 4.43. The quantitative estimate of drug-likeness (QED) is 0.325. The lowest BCUT2D eigenvalue weighted by molar-refractivity contribution is 0.209. The molecule has 0 fully saturated rings. The van der Waals surface area contributed by atoms with Gasteiger partial charge in [0.2, 0.25) is 5.95 Å². The van der Waals surface area contributed by atoms with Crippen LogP contribution < -0.4 is 10.9 Å². The van der Waals surface area contributed by atoms with Crippen LogP contribution in [0.3, 0.4) is 0 Å². The molecule has 2 aromatic heterocycles. The summed E-state index contributed by atoms with van der Waals surface area (Å²) < 4.78 is 28.5. The minimum atomic E-state index is -1.25. The molecule has 33 heavy (non-hydrogen) atoms. The van der Waals surface area contributed by atoms with Gasteiger partial charge >= 0.3 is 6.09 Å². The van der Waals surface area contributed by atoms with E-state index in [4.69, 9.17) is 5.11 Å². The van der Waals surface area contributed by atoms with E-state index in [0.717, 1.165) is 0 Å². The lowest BCUT2D eigenvalue weighted by atomic mass is 9.98. The van der Waals surface area contributed by atoms with Crippen LogP contribution in [-0.2, 0) is 6.42 Å². The molecule has 5 aromatic rings. The van der Waals surface area contributed by atoms with E-state index in [1.54, 1.807) is 30.3 Å². The Morgan fingerprint density at radius 1 is 1.03 bits per heavy atom. The fraction of sp³-hybridized carbons (Fsp3) is 0.0435. The SMILES string of the molecule is O=C(O)Nc1nc2cc(-c3cc(Cc4n[nH]c(=O)c5ccc(F)cc45)ccc3F)ccc2[nH]1. The highest BCUT2D eigenvalue weighted by Crippen LogP contribution is 2.28. The second kappa shape index (κ2) is 7.83. The molecule has 0 saturated heterocycles. The number of hydrogen-bond donors (Lipinski definition) is 4. The zero-order valence-electron chi connectivity index (χ0n) is 16.8. The number of nitrogens with zero attached hydrogens (tertiary/aromatic N) is 2. The highest BCUT2D eigenvalue weighted by atomic mass is 19.1. The van der Waals surface area contributed by atoms with Crippen molar-refractivity contribution in [1.82, 2.24) is 20.2 Å². The van der Waals surface area contributed by atoms with Crippen LogP contribution in [0, 0.1) is 11.6 Å². The van der Waals surface area contributed by atoms with Gasteiger partial charge in [0, 0.05) is 17.4 Å². The first-order valence-electron chi connectivity index (χ1n) is 9.83. The molecule has 0 saturated carbocycles. The van der Waals surface area contributed by atoms with E-state index in [1.165, 1.54) is 24.3 Å². The number of aromatic nitrogens is 4. The number of fused-ring (bicyclic) bond motifs is 2. The third kappa shape index (κ3) is 3.89. The Labute approximate surface area is 183 Å². The Bertz CT molecular complexity index is 1610. The van der Waals surface area contributed by atoms with Crippen molar-refractivity contribution in [2.24, 2.45) is 0 Å². The van der Waals surface area contributed by atoms with Crippen molar-refractivity contribution in [2.45, 2.75) is 6.42 Å². The Morgan fingerprint density at radius 3 is 2.70 bits per heavy atom. The molecule has 0 bridgehead atoms. The van der Waals surface area contributed by atoms with Gasteiger partial charge < -0.3 is 10.1 Å². The number of imidazole rings is 1. The van der Waals surface area contributed by atoms with Crippen LogP contribution in [0.5, 0.6) is 0 Å². The first-order chi connectivity index (χ1) is 15.9. The number of benzene rings is 3. The molecular weight excluding hydrogens is 432 g/mol. The molecule has 8 nitrogen and oxygen atoms in total. The number of aromatic amines is 2. The molecule has 0 aliphatic rings. The average molecular weight is 447 g/mol. The molecule has 0 unspecified atom stereocenters. The van der Waals surface area contributed by atoms with Crippen molar-refractivity contribution in [1.29, 1.82) is 0 Å². The number of halogens is 2. The number of hydrogen-bond acceptors (Lipinski definition) is 4. The van der Waals surface area contributed by atoms with Crippen molar-refractivity contribution < 1.29 is 18.7 Å². The summed E-state index contributed by atoms with van der Waals surface area (Å²) in [4.78, 5) is 29.8. The summed E-state index contributed by atoms with van der Waals surface area (Å²) in [5, 5.41) is 18.2. The Morgan fingerprint density at radius 2 is 1.88 bits per heavy atom. The van der Waals surface area contributed by atoms with Crippen molar-refractivity contribution >= 4 is 33.8 Å². The number of anilines is 1. The average Bonchev–Trinajstić information content (AvgIpc) is 3.17. The smallest absolute Gasteiger partial charge is 0.411 e. The summed E-state index contributed by atoms with van der Waals surface area (Å²) >= 11 is 0. The normalized spacial score (nSPS) is 11.2. The van der Waals surface area contributed by atoms with E-state index in [1.807, 2.05) is 0 Å². The van der Waals surface area contributed by atoms with Crippen molar-refractivity contribution in [2.75, 3.05) is 5.32 Å². The van der Waals surface area contributed by atoms with Gasteiger partial charge in [-0.2, -0.15) is 5.10 Å². The van der Waals surface area contributed by atoms with Gasteiger partial charge in [0.1, 0.15) is 11.6 Å². The molecule has 4 N–H and O–H groups in total. The van der Waals surface area contributed by atoms with Crippen LogP contribution in [0.1, 0.15) is 11.3 Å². The predicted molar refractivity (Wildman–Crippen MR) is 118 cm³/mol. The van der Waals surface area contributed by atoms with Crippen LogP contribution >= 0.6 is 0 Å². The summed E-state index contributed by atoms with van der Waals surface area (Å²) in [7, 11) is 0. The van der Waals surface area contributed by atoms with Crippen LogP contribution in [0.4, 0.5) is 19.5 Å². The molecule has 10 heteroatoms. The Balaban J connectivity index is 1.53. The van der Waals surface area contributed by atoms with Gasteiger partial charge in [0.15, 0.2) is 0 Å². The number of amides is 1. The monoisotopic (exact) mass is 447 g/mol.